The highest BCUT2D eigenvalue weighted by Gasteiger charge is 1.92. The molecule has 0 spiro atoms. The second-order valence-corrected chi connectivity index (χ2v) is 1.23. The van der Waals surface area contributed by atoms with Gasteiger partial charge in [0.2, 0.25) is 0 Å². The van der Waals surface area contributed by atoms with Gasteiger partial charge in [-0.05, 0) is 6.42 Å². The molecule has 7 heavy (non-hydrogen) atoms. The third kappa shape index (κ3) is 5.47. The largest absolute Gasteiger partial charge is 0.481 e. The van der Waals surface area contributed by atoms with E-state index in [0.717, 1.165) is 6.42 Å². The molecule has 0 aliphatic rings. The van der Waals surface area contributed by atoms with Crippen LogP contribution in [-0.4, -0.2) is 11.1 Å². The highest BCUT2D eigenvalue weighted by Crippen LogP contribution is 1.89. The summed E-state index contributed by atoms with van der Waals surface area (Å²) in [7, 11) is 0. The SMILES string of the molecule is CCC[C]C(=O)O. The summed E-state index contributed by atoms with van der Waals surface area (Å²) in [6.45, 7) is 1.91. The van der Waals surface area contributed by atoms with Crippen molar-refractivity contribution in [2.45, 2.75) is 19.8 Å². The number of carbonyl (C=O) groups is 1. The summed E-state index contributed by atoms with van der Waals surface area (Å²) in [5.41, 5.74) is 0. The predicted molar refractivity (Wildman–Crippen MR) is 25.8 cm³/mol. The van der Waals surface area contributed by atoms with Gasteiger partial charge in [-0.3, -0.25) is 4.79 Å². The van der Waals surface area contributed by atoms with E-state index in [2.05, 4.69) is 6.42 Å². The molecule has 2 radical (unpaired) electrons. The van der Waals surface area contributed by atoms with Crippen LogP contribution in [0, 0.1) is 6.42 Å². The maximum Gasteiger partial charge on any atom is 0.312 e. The summed E-state index contributed by atoms with van der Waals surface area (Å²) in [4.78, 5) is 9.65. The van der Waals surface area contributed by atoms with Crippen LogP contribution in [0.4, 0.5) is 0 Å². The van der Waals surface area contributed by atoms with Crippen molar-refractivity contribution in [1.82, 2.24) is 0 Å². The molecule has 0 saturated heterocycles. The second kappa shape index (κ2) is 3.65. The number of carboxylic acid groups (broad SMARTS) is 1. The van der Waals surface area contributed by atoms with E-state index >= 15 is 0 Å². The van der Waals surface area contributed by atoms with Gasteiger partial charge >= 0.3 is 5.97 Å². The molecule has 0 unspecified atom stereocenters. The summed E-state index contributed by atoms with van der Waals surface area (Å²) in [6, 6.07) is 0. The normalized spacial score (nSPS) is 8.71. The van der Waals surface area contributed by atoms with Gasteiger partial charge < -0.3 is 5.11 Å². The fraction of sp³-hybridized carbons (Fsp3) is 0.600. The zero-order valence-corrected chi connectivity index (χ0v) is 4.27. The number of rotatable bonds is 3. The Morgan fingerprint density at radius 1 is 1.86 bits per heavy atom. The van der Waals surface area contributed by atoms with Crippen molar-refractivity contribution < 1.29 is 9.90 Å². The van der Waals surface area contributed by atoms with Crippen LogP contribution in [0.5, 0.6) is 0 Å². The molecule has 0 saturated carbocycles. The molecule has 0 amide bonds. The molecule has 0 aliphatic carbocycles. The van der Waals surface area contributed by atoms with Gasteiger partial charge in [-0.1, -0.05) is 13.3 Å². The number of unbranched alkanes of at least 4 members (excludes halogenated alkanes) is 1. The standard InChI is InChI=1S/C5H8O2/c1-2-3-4-5(6)7/h2-3H2,1H3,(H,6,7). The second-order valence-electron chi connectivity index (χ2n) is 1.23. The first-order chi connectivity index (χ1) is 3.27. The molecule has 0 aromatic carbocycles. The first-order valence-electron chi connectivity index (χ1n) is 2.24. The fourth-order valence-corrected chi connectivity index (χ4v) is 0.232. The molecule has 0 aromatic heterocycles. The summed E-state index contributed by atoms with van der Waals surface area (Å²) in [6.07, 6.45) is 3.62. The summed E-state index contributed by atoms with van der Waals surface area (Å²) < 4.78 is 0. The van der Waals surface area contributed by atoms with Crippen LogP contribution in [0.2, 0.25) is 0 Å². The van der Waals surface area contributed by atoms with E-state index in [0.29, 0.717) is 6.42 Å². The molecule has 2 nitrogen and oxygen atoms in total. The van der Waals surface area contributed by atoms with E-state index in [1.54, 1.807) is 0 Å². The number of carboxylic acids is 1. The van der Waals surface area contributed by atoms with E-state index in [1.165, 1.54) is 0 Å². The number of aliphatic carboxylic acids is 1. The molecular formula is C5H8O2. The zero-order valence-electron chi connectivity index (χ0n) is 4.27. The Morgan fingerprint density at radius 2 is 2.43 bits per heavy atom. The van der Waals surface area contributed by atoms with Crippen molar-refractivity contribution in [1.29, 1.82) is 0 Å². The zero-order chi connectivity index (χ0) is 5.70. The molecule has 2 heteroatoms. The van der Waals surface area contributed by atoms with Crippen LogP contribution < -0.4 is 0 Å². The highest BCUT2D eigenvalue weighted by atomic mass is 16.4. The minimum absolute atomic E-state index is 0.551. The average molecular weight is 100 g/mol. The molecule has 0 heterocycles. The van der Waals surface area contributed by atoms with Gasteiger partial charge in [-0.25, -0.2) is 0 Å². The van der Waals surface area contributed by atoms with Gasteiger partial charge in [0.05, 0.1) is 0 Å². The van der Waals surface area contributed by atoms with Crippen molar-refractivity contribution >= 4 is 5.97 Å². The third-order valence-corrected chi connectivity index (χ3v) is 0.526. The van der Waals surface area contributed by atoms with Crippen LogP contribution >= 0.6 is 0 Å². The van der Waals surface area contributed by atoms with Crippen LogP contribution in [0.1, 0.15) is 19.8 Å². The summed E-state index contributed by atoms with van der Waals surface area (Å²) in [5.74, 6) is -0.943. The smallest absolute Gasteiger partial charge is 0.312 e. The van der Waals surface area contributed by atoms with Gasteiger partial charge in [-0.15, -0.1) is 0 Å². The van der Waals surface area contributed by atoms with Crippen LogP contribution in [0.25, 0.3) is 0 Å². The molecule has 0 aromatic rings. The molecule has 0 rings (SSSR count). The van der Waals surface area contributed by atoms with Crippen molar-refractivity contribution in [3.05, 3.63) is 6.42 Å². The van der Waals surface area contributed by atoms with E-state index < -0.39 is 5.97 Å². The van der Waals surface area contributed by atoms with Gasteiger partial charge in [0.25, 0.3) is 0 Å². The minimum atomic E-state index is -0.943. The molecule has 1 N–H and O–H groups in total. The average Bonchev–Trinajstić information content (AvgIpc) is 1.61. The first kappa shape index (κ1) is 6.47. The van der Waals surface area contributed by atoms with Crippen LogP contribution in [0.15, 0.2) is 0 Å². The molecule has 0 bridgehead atoms. The molecule has 0 fully saturated rings. The Labute approximate surface area is 43.2 Å². The van der Waals surface area contributed by atoms with E-state index in [9.17, 15) is 4.79 Å². The van der Waals surface area contributed by atoms with Crippen molar-refractivity contribution in [3.8, 4) is 0 Å². The number of hydrogen-bond donors (Lipinski definition) is 1. The lowest BCUT2D eigenvalue weighted by Gasteiger charge is -1.83. The van der Waals surface area contributed by atoms with E-state index in [4.69, 9.17) is 5.11 Å². The topological polar surface area (TPSA) is 37.3 Å². The van der Waals surface area contributed by atoms with Crippen molar-refractivity contribution in [3.63, 3.8) is 0 Å². The van der Waals surface area contributed by atoms with E-state index in [1.807, 2.05) is 6.92 Å². The van der Waals surface area contributed by atoms with Gasteiger partial charge in [0.1, 0.15) is 6.42 Å². The Kier molecular flexibility index (Phi) is 3.38. The molecule has 0 aliphatic heterocycles. The Balaban J connectivity index is 2.82. The summed E-state index contributed by atoms with van der Waals surface area (Å²) >= 11 is 0. The monoisotopic (exact) mass is 100 g/mol. The Bertz CT molecular complexity index is 59.1. The van der Waals surface area contributed by atoms with Gasteiger partial charge in [0, 0.05) is 0 Å². The molecule has 0 atom stereocenters. The maximum absolute atomic E-state index is 9.65. The van der Waals surface area contributed by atoms with Crippen molar-refractivity contribution in [2.75, 3.05) is 0 Å². The van der Waals surface area contributed by atoms with Crippen LogP contribution in [0.3, 0.4) is 0 Å². The number of hydrogen-bond acceptors (Lipinski definition) is 1. The lowest BCUT2D eigenvalue weighted by Crippen LogP contribution is -1.93. The highest BCUT2D eigenvalue weighted by molar-refractivity contribution is 5.76. The predicted octanol–water partition coefficient (Wildman–Crippen LogP) is 0.952. The fourth-order valence-electron chi connectivity index (χ4n) is 0.232. The minimum Gasteiger partial charge on any atom is -0.481 e. The Morgan fingerprint density at radius 3 is 2.57 bits per heavy atom. The van der Waals surface area contributed by atoms with Crippen molar-refractivity contribution in [2.24, 2.45) is 0 Å². The summed E-state index contributed by atoms with van der Waals surface area (Å²) in [5, 5.41) is 7.93. The molecular weight excluding hydrogens is 92.1 g/mol. The Hall–Kier alpha value is -0.530. The van der Waals surface area contributed by atoms with E-state index in [-0.39, 0.29) is 0 Å². The third-order valence-electron chi connectivity index (χ3n) is 0.526. The maximum atomic E-state index is 9.65. The first-order valence-corrected chi connectivity index (χ1v) is 2.24. The lowest BCUT2D eigenvalue weighted by molar-refractivity contribution is -0.133. The molecule has 40 valence electrons. The lowest BCUT2D eigenvalue weighted by atomic mass is 10.3. The van der Waals surface area contributed by atoms with Crippen LogP contribution in [-0.2, 0) is 4.79 Å². The van der Waals surface area contributed by atoms with Gasteiger partial charge in [-0.2, -0.15) is 0 Å². The van der Waals surface area contributed by atoms with Gasteiger partial charge in [0.15, 0.2) is 0 Å². The quantitative estimate of drug-likeness (QED) is 0.573.